The van der Waals surface area contributed by atoms with Gasteiger partial charge in [-0.2, -0.15) is 0 Å². The van der Waals surface area contributed by atoms with E-state index < -0.39 is 6.10 Å². The maximum absolute atomic E-state index is 10.4. The molecule has 0 saturated heterocycles. The average molecular weight is 711 g/mol. The van der Waals surface area contributed by atoms with Gasteiger partial charge in [-0.25, -0.2) is 10.0 Å². The van der Waals surface area contributed by atoms with Crippen LogP contribution in [0.5, 0.6) is 0 Å². The molecule has 50 heavy (non-hydrogen) atoms. The highest BCUT2D eigenvalue weighted by molar-refractivity contribution is 4.66. The van der Waals surface area contributed by atoms with Crippen LogP contribution in [0, 0.1) is 0 Å². The van der Waals surface area contributed by atoms with Gasteiger partial charge in [0.05, 0.1) is 12.7 Å². The second kappa shape index (κ2) is 43.2. The van der Waals surface area contributed by atoms with Crippen LogP contribution in [-0.2, 0) is 0 Å². The molecule has 6 nitrogen and oxygen atoms in total. The van der Waals surface area contributed by atoms with Crippen molar-refractivity contribution in [2.75, 3.05) is 52.4 Å². The largest absolute Gasteiger partial charge is 0.394 e. The molecule has 0 bridgehead atoms. The first-order chi connectivity index (χ1) is 24.7. The molecule has 0 amide bonds. The van der Waals surface area contributed by atoms with E-state index >= 15 is 0 Å². The van der Waals surface area contributed by atoms with Crippen molar-refractivity contribution in [1.29, 1.82) is 0 Å². The third-order valence-corrected chi connectivity index (χ3v) is 10.6. The van der Waals surface area contributed by atoms with E-state index in [9.17, 15) is 10.2 Å². The number of hydrogen-bond donors (Lipinski definition) is 4. The van der Waals surface area contributed by atoms with E-state index in [1.54, 1.807) is 0 Å². The van der Waals surface area contributed by atoms with Gasteiger partial charge in [-0.3, -0.25) is 0 Å². The lowest BCUT2D eigenvalue weighted by atomic mass is 10.0. The Hall–Kier alpha value is -0.240. The monoisotopic (exact) mass is 711 g/mol. The number of aliphatic hydroxyl groups excluding tert-OH is 2. The first-order valence-electron chi connectivity index (χ1n) is 22.9. The van der Waals surface area contributed by atoms with Crippen molar-refractivity contribution < 1.29 is 10.2 Å². The Bertz CT molecular complexity index is 577. The van der Waals surface area contributed by atoms with E-state index in [-0.39, 0.29) is 6.61 Å². The van der Waals surface area contributed by atoms with Crippen molar-refractivity contribution >= 4 is 0 Å². The summed E-state index contributed by atoms with van der Waals surface area (Å²) in [4.78, 5) is 0. The summed E-state index contributed by atoms with van der Waals surface area (Å²) in [6.07, 6.45) is 44.3. The van der Waals surface area contributed by atoms with Crippen LogP contribution in [0.1, 0.15) is 226 Å². The lowest BCUT2D eigenvalue weighted by Gasteiger charge is -2.36. The first-order valence-corrected chi connectivity index (χ1v) is 22.9. The van der Waals surface area contributed by atoms with Crippen LogP contribution in [0.25, 0.3) is 0 Å². The van der Waals surface area contributed by atoms with Crippen LogP contribution >= 0.6 is 0 Å². The summed E-state index contributed by atoms with van der Waals surface area (Å²) in [5.41, 5.74) is 5.64. The minimum atomic E-state index is -0.678. The number of nitrogens with zero attached hydrogens (tertiary/aromatic N) is 2. The van der Waals surface area contributed by atoms with E-state index in [0.29, 0.717) is 6.54 Å². The van der Waals surface area contributed by atoms with Crippen molar-refractivity contribution in [2.24, 2.45) is 5.73 Å². The van der Waals surface area contributed by atoms with Crippen LogP contribution in [0.4, 0.5) is 0 Å². The quantitative estimate of drug-likeness (QED) is 0.0372. The fraction of sp³-hybridized carbons (Fsp3) is 1.00. The maximum Gasteiger partial charge on any atom is 0.0911 e. The molecule has 0 saturated carbocycles. The third-order valence-electron chi connectivity index (χ3n) is 10.6. The zero-order valence-electron chi connectivity index (χ0n) is 34.4. The van der Waals surface area contributed by atoms with Gasteiger partial charge in [0.25, 0.3) is 0 Å². The lowest BCUT2D eigenvalue weighted by molar-refractivity contribution is -0.0652. The molecule has 0 spiro atoms. The molecular formula is C44H94N4O2. The second-order valence-corrected chi connectivity index (χ2v) is 15.7. The Kier molecular flexibility index (Phi) is 43.0. The van der Waals surface area contributed by atoms with Gasteiger partial charge >= 0.3 is 0 Å². The Morgan fingerprint density at radius 2 is 0.720 bits per heavy atom. The molecule has 0 rings (SSSR count). The van der Waals surface area contributed by atoms with E-state index in [1.807, 2.05) is 0 Å². The Labute approximate surface area is 314 Å². The van der Waals surface area contributed by atoms with Crippen LogP contribution < -0.4 is 11.1 Å². The van der Waals surface area contributed by atoms with Gasteiger partial charge in [0.15, 0.2) is 0 Å². The molecule has 302 valence electrons. The molecule has 0 aliphatic carbocycles. The van der Waals surface area contributed by atoms with Crippen molar-refractivity contribution in [2.45, 2.75) is 232 Å². The lowest BCUT2D eigenvalue weighted by Crippen LogP contribution is -2.48. The topological polar surface area (TPSA) is 85.0 Å². The van der Waals surface area contributed by atoms with Crippen LogP contribution in [0.2, 0.25) is 0 Å². The van der Waals surface area contributed by atoms with Crippen molar-refractivity contribution in [3.8, 4) is 0 Å². The molecule has 0 aliphatic heterocycles. The molecular weight excluding hydrogens is 617 g/mol. The molecule has 0 aliphatic rings. The van der Waals surface area contributed by atoms with Gasteiger partial charge in [-0.1, -0.05) is 194 Å². The smallest absolute Gasteiger partial charge is 0.0911 e. The molecule has 5 N–H and O–H groups in total. The van der Waals surface area contributed by atoms with Gasteiger partial charge in [0.1, 0.15) is 0 Å². The standard InChI is InChI=1S/C44H94N4O2/c1-3-5-7-9-11-13-15-17-19-21-23-25-27-29-32-39-47(48(42-44(50)43-49)41-34-31-37-46-38-35-36-45)40-33-30-28-26-24-22-20-18-16-14-12-10-8-6-4-2/h44,46,49-50H,3-43,45H2,1-2H3. The normalized spacial score (nSPS) is 12.5. The second-order valence-electron chi connectivity index (χ2n) is 15.7. The predicted octanol–water partition coefficient (Wildman–Crippen LogP) is 11.3. The molecule has 1 unspecified atom stereocenters. The van der Waals surface area contributed by atoms with E-state index in [1.165, 1.54) is 193 Å². The number of aliphatic hydroxyl groups is 2. The van der Waals surface area contributed by atoms with Crippen molar-refractivity contribution in [3.05, 3.63) is 0 Å². The average Bonchev–Trinajstić information content (AvgIpc) is 3.13. The summed E-state index contributed by atoms with van der Waals surface area (Å²) in [5.74, 6) is 0. The first kappa shape index (κ1) is 49.8. The fourth-order valence-corrected chi connectivity index (χ4v) is 7.27. The molecule has 0 radical (unpaired) electrons. The number of unbranched alkanes of at least 4 members (excludes halogenated alkanes) is 29. The molecule has 0 aromatic heterocycles. The Morgan fingerprint density at radius 1 is 0.420 bits per heavy atom. The van der Waals surface area contributed by atoms with Gasteiger partial charge in [-0.15, -0.1) is 0 Å². The van der Waals surface area contributed by atoms with Crippen LogP contribution in [0.3, 0.4) is 0 Å². The van der Waals surface area contributed by atoms with E-state index in [0.717, 1.165) is 58.5 Å². The van der Waals surface area contributed by atoms with Crippen molar-refractivity contribution in [1.82, 2.24) is 15.3 Å². The number of nitrogens with one attached hydrogen (secondary N) is 1. The van der Waals surface area contributed by atoms with Gasteiger partial charge in [0.2, 0.25) is 0 Å². The minimum Gasteiger partial charge on any atom is -0.394 e. The van der Waals surface area contributed by atoms with E-state index in [4.69, 9.17) is 5.73 Å². The number of hydrogen-bond acceptors (Lipinski definition) is 6. The highest BCUT2D eigenvalue weighted by Gasteiger charge is 2.18. The van der Waals surface area contributed by atoms with Crippen LogP contribution in [-0.4, -0.2) is 78.8 Å². The molecule has 6 heteroatoms. The molecule has 0 aromatic carbocycles. The minimum absolute atomic E-state index is 0.164. The van der Waals surface area contributed by atoms with Gasteiger partial charge in [0, 0.05) is 26.2 Å². The summed E-state index contributed by atoms with van der Waals surface area (Å²) in [6.45, 7) is 10.8. The van der Waals surface area contributed by atoms with Crippen LogP contribution in [0.15, 0.2) is 0 Å². The maximum atomic E-state index is 10.4. The highest BCUT2D eigenvalue weighted by atomic mass is 16.3. The molecule has 0 aromatic rings. The summed E-state index contributed by atoms with van der Waals surface area (Å²) >= 11 is 0. The molecule has 0 heterocycles. The van der Waals surface area contributed by atoms with E-state index in [2.05, 4.69) is 29.2 Å². The van der Waals surface area contributed by atoms with Gasteiger partial charge in [-0.05, 0) is 51.7 Å². The zero-order valence-corrected chi connectivity index (χ0v) is 34.4. The Morgan fingerprint density at radius 3 is 1.06 bits per heavy atom. The summed E-state index contributed by atoms with van der Waals surface area (Å²) < 4.78 is 0. The Balaban J connectivity index is 4.40. The molecule has 1 atom stereocenters. The predicted molar refractivity (Wildman–Crippen MR) is 222 cm³/mol. The van der Waals surface area contributed by atoms with Gasteiger partial charge < -0.3 is 21.3 Å². The number of rotatable bonds is 44. The number of nitrogens with two attached hydrogens (primary N) is 1. The zero-order chi connectivity index (χ0) is 36.4. The van der Waals surface area contributed by atoms with Crippen molar-refractivity contribution in [3.63, 3.8) is 0 Å². The SMILES string of the molecule is CCCCCCCCCCCCCCCCCN(CCCCCCCCCCCCCCCCC)N(CCCCNCCCN)CC(O)CO. The third kappa shape index (κ3) is 37.5. The molecule has 0 fully saturated rings. The summed E-state index contributed by atoms with van der Waals surface area (Å²) in [6, 6.07) is 0. The number of hydrazine groups is 1. The summed E-state index contributed by atoms with van der Waals surface area (Å²) in [5, 5.41) is 28.6. The highest BCUT2D eigenvalue weighted by Crippen LogP contribution is 2.16. The summed E-state index contributed by atoms with van der Waals surface area (Å²) in [7, 11) is 0. The fourth-order valence-electron chi connectivity index (χ4n) is 7.27.